The van der Waals surface area contributed by atoms with Crippen LogP contribution in [0, 0.1) is 5.41 Å². The van der Waals surface area contributed by atoms with Crippen molar-refractivity contribution >= 4 is 11.3 Å². The third-order valence-electron chi connectivity index (χ3n) is 4.92. The van der Waals surface area contributed by atoms with Crippen molar-refractivity contribution in [3.63, 3.8) is 0 Å². The van der Waals surface area contributed by atoms with Crippen molar-refractivity contribution in [2.75, 3.05) is 26.8 Å². The zero-order chi connectivity index (χ0) is 13.8. The summed E-state index contributed by atoms with van der Waals surface area (Å²) in [6.07, 6.45) is 5.31. The monoisotopic (exact) mass is 281 g/mol. The van der Waals surface area contributed by atoms with Crippen LogP contribution in [0.2, 0.25) is 0 Å². The first-order valence-corrected chi connectivity index (χ1v) is 8.32. The minimum absolute atomic E-state index is 0.383. The normalized spacial score (nSPS) is 20.2. The van der Waals surface area contributed by atoms with E-state index in [1.165, 1.54) is 25.7 Å². The third-order valence-corrected chi connectivity index (χ3v) is 6.03. The fourth-order valence-corrected chi connectivity index (χ4v) is 4.53. The van der Waals surface area contributed by atoms with Crippen LogP contribution in [0.25, 0.3) is 0 Å². The zero-order valence-electron chi connectivity index (χ0n) is 12.5. The average Bonchev–Trinajstić information content (AvgIpc) is 2.92. The summed E-state index contributed by atoms with van der Waals surface area (Å²) >= 11 is 1.92. The van der Waals surface area contributed by atoms with E-state index in [9.17, 15) is 0 Å². The van der Waals surface area contributed by atoms with Gasteiger partial charge in [0.2, 0.25) is 0 Å². The number of methoxy groups -OCH3 is 1. The highest BCUT2D eigenvalue weighted by atomic mass is 32.1. The number of rotatable bonds is 8. The highest BCUT2D eigenvalue weighted by Gasteiger charge is 2.53. The molecule has 1 aliphatic rings. The number of ether oxygens (including phenoxy) is 1. The molecule has 1 fully saturated rings. The predicted octanol–water partition coefficient (Wildman–Crippen LogP) is 3.82. The van der Waals surface area contributed by atoms with Gasteiger partial charge in [-0.25, -0.2) is 0 Å². The van der Waals surface area contributed by atoms with Gasteiger partial charge in [-0.15, -0.1) is 11.3 Å². The maximum absolute atomic E-state index is 5.12. The summed E-state index contributed by atoms with van der Waals surface area (Å²) in [5, 5.41) is 5.80. The summed E-state index contributed by atoms with van der Waals surface area (Å²) in [5.74, 6) is 0. The molecule has 0 spiro atoms. The van der Waals surface area contributed by atoms with Crippen molar-refractivity contribution in [3.8, 4) is 0 Å². The lowest BCUT2D eigenvalue weighted by Gasteiger charge is -2.56. The second-order valence-corrected chi connectivity index (χ2v) is 6.94. The molecular formula is C16H27NOS. The first-order valence-electron chi connectivity index (χ1n) is 7.44. The Morgan fingerprint density at radius 1 is 1.32 bits per heavy atom. The average molecular weight is 281 g/mol. The molecule has 0 bridgehead atoms. The van der Waals surface area contributed by atoms with Gasteiger partial charge in [0.25, 0.3) is 0 Å². The summed E-state index contributed by atoms with van der Waals surface area (Å²) in [7, 11) is 1.76. The molecule has 1 aromatic rings. The Morgan fingerprint density at radius 3 is 2.58 bits per heavy atom. The molecule has 0 atom stereocenters. The summed E-state index contributed by atoms with van der Waals surface area (Å²) in [5.41, 5.74) is 0.973. The van der Waals surface area contributed by atoms with Crippen LogP contribution < -0.4 is 5.32 Å². The van der Waals surface area contributed by atoms with Gasteiger partial charge < -0.3 is 10.1 Å². The van der Waals surface area contributed by atoms with E-state index < -0.39 is 0 Å². The summed E-state index contributed by atoms with van der Waals surface area (Å²) in [6.45, 7) is 7.54. The number of hydrogen-bond acceptors (Lipinski definition) is 3. The van der Waals surface area contributed by atoms with E-state index >= 15 is 0 Å². The molecule has 1 heterocycles. The molecule has 0 aromatic carbocycles. The first kappa shape index (κ1) is 15.0. The largest absolute Gasteiger partial charge is 0.383 e. The molecule has 1 saturated carbocycles. The highest BCUT2D eigenvalue weighted by Crippen LogP contribution is 2.59. The van der Waals surface area contributed by atoms with Crippen molar-refractivity contribution in [1.29, 1.82) is 0 Å². The Morgan fingerprint density at radius 2 is 2.05 bits per heavy atom. The molecule has 1 aliphatic carbocycles. The van der Waals surface area contributed by atoms with Gasteiger partial charge in [-0.05, 0) is 29.7 Å². The first-order chi connectivity index (χ1) is 9.20. The molecule has 2 rings (SSSR count). The lowest BCUT2D eigenvalue weighted by atomic mass is 9.50. The lowest BCUT2D eigenvalue weighted by Crippen LogP contribution is -2.54. The molecule has 3 heteroatoms. The van der Waals surface area contributed by atoms with Crippen molar-refractivity contribution < 1.29 is 4.74 Å². The molecule has 2 nitrogen and oxygen atoms in total. The minimum atomic E-state index is 0.383. The Bertz CT molecular complexity index is 362. The van der Waals surface area contributed by atoms with Gasteiger partial charge >= 0.3 is 0 Å². The van der Waals surface area contributed by atoms with Crippen LogP contribution >= 0.6 is 11.3 Å². The van der Waals surface area contributed by atoms with E-state index in [1.807, 2.05) is 11.3 Å². The van der Waals surface area contributed by atoms with Crippen LogP contribution in [0.15, 0.2) is 17.5 Å². The van der Waals surface area contributed by atoms with Gasteiger partial charge in [0.05, 0.1) is 6.61 Å². The zero-order valence-corrected chi connectivity index (χ0v) is 13.3. The molecule has 1 aromatic heterocycles. The van der Waals surface area contributed by atoms with Crippen LogP contribution in [-0.2, 0) is 10.2 Å². The molecule has 108 valence electrons. The molecule has 0 amide bonds. The Labute approximate surface area is 121 Å². The Hall–Kier alpha value is -0.380. The maximum Gasteiger partial charge on any atom is 0.0587 e. The summed E-state index contributed by atoms with van der Waals surface area (Å²) < 4.78 is 5.12. The van der Waals surface area contributed by atoms with Gasteiger partial charge in [-0.2, -0.15) is 0 Å². The highest BCUT2D eigenvalue weighted by molar-refractivity contribution is 7.10. The molecule has 19 heavy (non-hydrogen) atoms. The van der Waals surface area contributed by atoms with E-state index in [4.69, 9.17) is 4.74 Å². The van der Waals surface area contributed by atoms with E-state index in [1.54, 1.807) is 12.0 Å². The van der Waals surface area contributed by atoms with Crippen LogP contribution in [0.5, 0.6) is 0 Å². The SMILES string of the molecule is CCC1(CC)CC(CNCCOC)(c2cccs2)C1. The fraction of sp³-hybridized carbons (Fsp3) is 0.750. The van der Waals surface area contributed by atoms with Gasteiger partial charge in [0, 0.05) is 30.5 Å². The molecule has 0 aliphatic heterocycles. The quantitative estimate of drug-likeness (QED) is 0.731. The van der Waals surface area contributed by atoms with Gasteiger partial charge in [0.1, 0.15) is 0 Å². The smallest absolute Gasteiger partial charge is 0.0587 e. The molecule has 0 unspecified atom stereocenters. The van der Waals surface area contributed by atoms with Crippen LogP contribution in [0.3, 0.4) is 0 Å². The van der Waals surface area contributed by atoms with Gasteiger partial charge in [0.15, 0.2) is 0 Å². The Balaban J connectivity index is 2.01. The topological polar surface area (TPSA) is 21.3 Å². The summed E-state index contributed by atoms with van der Waals surface area (Å²) in [4.78, 5) is 1.56. The van der Waals surface area contributed by atoms with Gasteiger partial charge in [-0.3, -0.25) is 0 Å². The van der Waals surface area contributed by atoms with E-state index in [0.717, 1.165) is 19.7 Å². The lowest BCUT2D eigenvalue weighted by molar-refractivity contribution is 0.0144. The van der Waals surface area contributed by atoms with Crippen LogP contribution in [0.1, 0.15) is 44.4 Å². The molecule has 0 radical (unpaired) electrons. The van der Waals surface area contributed by atoms with E-state index in [0.29, 0.717) is 10.8 Å². The van der Waals surface area contributed by atoms with Crippen molar-refractivity contribution in [2.24, 2.45) is 5.41 Å². The van der Waals surface area contributed by atoms with Crippen LogP contribution in [-0.4, -0.2) is 26.8 Å². The van der Waals surface area contributed by atoms with E-state index in [2.05, 4.69) is 36.7 Å². The predicted molar refractivity (Wildman–Crippen MR) is 83.0 cm³/mol. The molecule has 1 N–H and O–H groups in total. The molecule has 0 saturated heterocycles. The number of hydrogen-bond donors (Lipinski definition) is 1. The standard InChI is InChI=1S/C16H27NOS/c1-4-15(5-2)11-16(12-15,13-17-8-9-18-3)14-7-6-10-19-14/h6-7,10,17H,4-5,8-9,11-13H2,1-3H3. The van der Waals surface area contributed by atoms with Crippen LogP contribution in [0.4, 0.5) is 0 Å². The van der Waals surface area contributed by atoms with Gasteiger partial charge in [-0.1, -0.05) is 32.8 Å². The van der Waals surface area contributed by atoms with Crippen molar-refractivity contribution in [3.05, 3.63) is 22.4 Å². The fourth-order valence-electron chi connectivity index (χ4n) is 3.60. The second kappa shape index (κ2) is 6.38. The molecular weight excluding hydrogens is 254 g/mol. The maximum atomic E-state index is 5.12. The number of thiophene rings is 1. The third kappa shape index (κ3) is 3.04. The Kier molecular flexibility index (Phi) is 5.04. The van der Waals surface area contributed by atoms with E-state index in [-0.39, 0.29) is 0 Å². The van der Waals surface area contributed by atoms with Crippen molar-refractivity contribution in [2.45, 2.75) is 44.9 Å². The minimum Gasteiger partial charge on any atom is -0.383 e. The summed E-state index contributed by atoms with van der Waals surface area (Å²) in [6, 6.07) is 4.51. The second-order valence-electron chi connectivity index (χ2n) is 5.99. The number of nitrogens with one attached hydrogen (secondary N) is 1. The van der Waals surface area contributed by atoms with Crippen molar-refractivity contribution in [1.82, 2.24) is 5.32 Å².